The first-order valence-electron chi connectivity index (χ1n) is 4.64. The van der Waals surface area contributed by atoms with Gasteiger partial charge in [-0.25, -0.2) is 13.8 Å². The topological polar surface area (TPSA) is 64.7 Å². The zero-order chi connectivity index (χ0) is 12.4. The molecule has 0 aliphatic carbocycles. The molecular weight excluding hydrogens is 250 g/mol. The van der Waals surface area contributed by atoms with E-state index in [9.17, 15) is 8.78 Å². The lowest BCUT2D eigenvalue weighted by Gasteiger charge is -2.03. The molecule has 0 atom stereocenters. The minimum absolute atomic E-state index is 0.0393. The summed E-state index contributed by atoms with van der Waals surface area (Å²) >= 11 is 5.59. The molecule has 1 aromatic heterocycles. The third-order valence-electron chi connectivity index (χ3n) is 2.04. The Kier molecular flexibility index (Phi) is 3.14. The average Bonchev–Trinajstić information content (AvgIpc) is 2.21. The van der Waals surface area contributed by atoms with E-state index in [-0.39, 0.29) is 29.0 Å². The standard InChI is InChI=1S/C10H7ClF2N4/c11-9-15-8(16-10(14)17-9)3-5-1-2-6(12)4-7(5)13/h1-2,4H,3H2,(H2,14,15,16,17). The molecule has 0 saturated heterocycles. The lowest BCUT2D eigenvalue weighted by Crippen LogP contribution is -2.04. The van der Waals surface area contributed by atoms with Crippen LogP contribution in [0.2, 0.25) is 5.28 Å². The normalized spacial score (nSPS) is 10.5. The maximum Gasteiger partial charge on any atom is 0.227 e. The Balaban J connectivity index is 2.31. The molecular formula is C10H7ClF2N4. The van der Waals surface area contributed by atoms with Gasteiger partial charge in [0.2, 0.25) is 11.2 Å². The van der Waals surface area contributed by atoms with Gasteiger partial charge in [0.1, 0.15) is 17.5 Å². The fraction of sp³-hybridized carbons (Fsp3) is 0.100. The predicted octanol–water partition coefficient (Wildman–Crippen LogP) is 1.98. The van der Waals surface area contributed by atoms with Gasteiger partial charge in [-0.3, -0.25) is 0 Å². The number of aromatic nitrogens is 3. The summed E-state index contributed by atoms with van der Waals surface area (Å²) in [6, 6.07) is 3.27. The maximum absolute atomic E-state index is 13.4. The highest BCUT2D eigenvalue weighted by Crippen LogP contribution is 2.13. The van der Waals surface area contributed by atoms with E-state index >= 15 is 0 Å². The first-order valence-corrected chi connectivity index (χ1v) is 5.02. The average molecular weight is 257 g/mol. The third-order valence-corrected chi connectivity index (χ3v) is 2.20. The van der Waals surface area contributed by atoms with Gasteiger partial charge in [-0.2, -0.15) is 9.97 Å². The molecule has 0 radical (unpaired) electrons. The van der Waals surface area contributed by atoms with E-state index in [2.05, 4.69) is 15.0 Å². The van der Waals surface area contributed by atoms with Crippen LogP contribution in [0.1, 0.15) is 11.4 Å². The van der Waals surface area contributed by atoms with Crippen LogP contribution in [-0.4, -0.2) is 15.0 Å². The van der Waals surface area contributed by atoms with Crippen molar-refractivity contribution in [3.63, 3.8) is 0 Å². The van der Waals surface area contributed by atoms with Crippen LogP contribution in [0.4, 0.5) is 14.7 Å². The fourth-order valence-corrected chi connectivity index (χ4v) is 1.51. The molecule has 17 heavy (non-hydrogen) atoms. The Morgan fingerprint density at radius 1 is 1.18 bits per heavy atom. The molecule has 0 unspecified atom stereocenters. The van der Waals surface area contributed by atoms with Crippen molar-refractivity contribution >= 4 is 17.5 Å². The highest BCUT2D eigenvalue weighted by atomic mass is 35.5. The Morgan fingerprint density at radius 2 is 1.94 bits per heavy atom. The summed E-state index contributed by atoms with van der Waals surface area (Å²) in [6.45, 7) is 0. The second-order valence-corrected chi connectivity index (χ2v) is 3.63. The van der Waals surface area contributed by atoms with Crippen LogP contribution in [0, 0.1) is 11.6 Å². The van der Waals surface area contributed by atoms with Gasteiger partial charge in [-0.15, -0.1) is 0 Å². The molecule has 88 valence electrons. The maximum atomic E-state index is 13.4. The monoisotopic (exact) mass is 256 g/mol. The van der Waals surface area contributed by atoms with Crippen LogP contribution in [0.5, 0.6) is 0 Å². The molecule has 1 aromatic carbocycles. The van der Waals surface area contributed by atoms with Gasteiger partial charge in [0.15, 0.2) is 0 Å². The highest BCUT2D eigenvalue weighted by Gasteiger charge is 2.08. The Hall–Kier alpha value is -1.82. The minimum Gasteiger partial charge on any atom is -0.368 e. The SMILES string of the molecule is Nc1nc(Cl)nc(Cc2ccc(F)cc2F)n1. The molecule has 2 aromatic rings. The predicted molar refractivity (Wildman–Crippen MR) is 58.4 cm³/mol. The lowest BCUT2D eigenvalue weighted by atomic mass is 10.1. The van der Waals surface area contributed by atoms with E-state index in [1.54, 1.807) is 0 Å². The van der Waals surface area contributed by atoms with Crippen molar-refractivity contribution in [3.05, 3.63) is 46.5 Å². The van der Waals surface area contributed by atoms with Gasteiger partial charge < -0.3 is 5.73 Å². The number of halogens is 3. The highest BCUT2D eigenvalue weighted by molar-refractivity contribution is 6.28. The number of benzene rings is 1. The van der Waals surface area contributed by atoms with E-state index in [0.717, 1.165) is 12.1 Å². The lowest BCUT2D eigenvalue weighted by molar-refractivity contribution is 0.573. The molecule has 0 amide bonds. The van der Waals surface area contributed by atoms with Crippen molar-refractivity contribution in [1.29, 1.82) is 0 Å². The van der Waals surface area contributed by atoms with Crippen molar-refractivity contribution in [2.75, 3.05) is 5.73 Å². The number of rotatable bonds is 2. The molecule has 2 rings (SSSR count). The van der Waals surface area contributed by atoms with E-state index < -0.39 is 11.6 Å². The summed E-state index contributed by atoms with van der Waals surface area (Å²) in [4.78, 5) is 11.2. The summed E-state index contributed by atoms with van der Waals surface area (Å²) in [5.41, 5.74) is 5.63. The number of anilines is 1. The molecule has 7 heteroatoms. The van der Waals surface area contributed by atoms with Gasteiger partial charge in [0.05, 0.1) is 0 Å². The van der Waals surface area contributed by atoms with Crippen LogP contribution in [0.25, 0.3) is 0 Å². The molecule has 0 aliphatic rings. The minimum atomic E-state index is -0.667. The first kappa shape index (κ1) is 11.7. The van der Waals surface area contributed by atoms with Gasteiger partial charge in [0.25, 0.3) is 0 Å². The van der Waals surface area contributed by atoms with E-state index in [0.29, 0.717) is 0 Å². The summed E-state index contributed by atoms with van der Waals surface area (Å²) < 4.78 is 26.1. The van der Waals surface area contributed by atoms with Crippen molar-refractivity contribution in [3.8, 4) is 0 Å². The van der Waals surface area contributed by atoms with Crippen LogP contribution < -0.4 is 5.73 Å². The van der Waals surface area contributed by atoms with Gasteiger partial charge in [-0.1, -0.05) is 6.07 Å². The van der Waals surface area contributed by atoms with Crippen LogP contribution in [0.3, 0.4) is 0 Å². The largest absolute Gasteiger partial charge is 0.368 e. The summed E-state index contributed by atoms with van der Waals surface area (Å²) in [5.74, 6) is -1.12. The van der Waals surface area contributed by atoms with E-state index in [4.69, 9.17) is 17.3 Å². The molecule has 4 nitrogen and oxygen atoms in total. The van der Waals surface area contributed by atoms with Gasteiger partial charge in [-0.05, 0) is 23.2 Å². The number of nitrogen functional groups attached to an aromatic ring is 1. The van der Waals surface area contributed by atoms with E-state index in [1.807, 2.05) is 0 Å². The van der Waals surface area contributed by atoms with Crippen LogP contribution in [0.15, 0.2) is 18.2 Å². The number of nitrogens with zero attached hydrogens (tertiary/aromatic N) is 3. The Morgan fingerprint density at radius 3 is 2.59 bits per heavy atom. The second-order valence-electron chi connectivity index (χ2n) is 3.29. The van der Waals surface area contributed by atoms with Crippen LogP contribution in [-0.2, 0) is 6.42 Å². The van der Waals surface area contributed by atoms with Gasteiger partial charge >= 0.3 is 0 Å². The Labute approximate surface area is 100 Å². The molecule has 0 aliphatic heterocycles. The first-order chi connectivity index (χ1) is 8.04. The van der Waals surface area contributed by atoms with Crippen molar-refractivity contribution in [2.24, 2.45) is 0 Å². The molecule has 0 spiro atoms. The smallest absolute Gasteiger partial charge is 0.227 e. The summed E-state index contributed by atoms with van der Waals surface area (Å²) in [7, 11) is 0. The quantitative estimate of drug-likeness (QED) is 0.892. The van der Waals surface area contributed by atoms with Crippen molar-refractivity contribution in [1.82, 2.24) is 15.0 Å². The van der Waals surface area contributed by atoms with Gasteiger partial charge in [0, 0.05) is 12.5 Å². The molecule has 0 saturated carbocycles. The summed E-state index contributed by atoms with van der Waals surface area (Å²) in [5, 5.41) is -0.0602. The Bertz CT molecular complexity index is 542. The number of nitrogens with two attached hydrogens (primary N) is 1. The van der Waals surface area contributed by atoms with Crippen molar-refractivity contribution in [2.45, 2.75) is 6.42 Å². The van der Waals surface area contributed by atoms with Crippen molar-refractivity contribution < 1.29 is 8.78 Å². The second kappa shape index (κ2) is 4.58. The van der Waals surface area contributed by atoms with Crippen LogP contribution >= 0.6 is 11.6 Å². The zero-order valence-corrected chi connectivity index (χ0v) is 9.25. The molecule has 0 fully saturated rings. The zero-order valence-electron chi connectivity index (χ0n) is 8.49. The number of hydrogen-bond donors (Lipinski definition) is 1. The molecule has 1 heterocycles. The summed E-state index contributed by atoms with van der Waals surface area (Å²) in [6.07, 6.45) is 0.0680. The molecule has 0 bridgehead atoms. The fourth-order valence-electron chi connectivity index (χ4n) is 1.32. The van der Waals surface area contributed by atoms with E-state index in [1.165, 1.54) is 6.07 Å². The number of hydrogen-bond acceptors (Lipinski definition) is 4. The third kappa shape index (κ3) is 2.85. The molecule has 2 N–H and O–H groups in total.